The van der Waals surface area contributed by atoms with E-state index < -0.39 is 17.9 Å². The zero-order valence-corrected chi connectivity index (χ0v) is 16.1. The number of likely N-dealkylation sites (tertiary alicyclic amines) is 1. The van der Waals surface area contributed by atoms with Gasteiger partial charge in [-0.05, 0) is 49.8 Å². The van der Waals surface area contributed by atoms with Crippen LogP contribution in [0, 0.1) is 11.3 Å². The molecule has 2 atom stereocenters. The third-order valence-corrected chi connectivity index (χ3v) is 6.95. The quantitative estimate of drug-likeness (QED) is 0.544. The van der Waals surface area contributed by atoms with Gasteiger partial charge in [0.25, 0.3) is 0 Å². The fourth-order valence-corrected chi connectivity index (χ4v) is 5.36. The first kappa shape index (κ1) is 17.7. The number of amides is 2. The van der Waals surface area contributed by atoms with Crippen molar-refractivity contribution in [1.29, 1.82) is 0 Å². The third-order valence-electron chi connectivity index (χ3n) is 6.95. The monoisotopic (exact) mass is 382 g/mol. The predicted molar refractivity (Wildman–Crippen MR) is 104 cm³/mol. The van der Waals surface area contributed by atoms with E-state index in [9.17, 15) is 14.8 Å². The van der Waals surface area contributed by atoms with Gasteiger partial charge in [0.2, 0.25) is 11.8 Å². The Morgan fingerprint density at radius 3 is 2.82 bits per heavy atom. The number of aromatic nitrogens is 1. The molecule has 1 saturated carbocycles. The number of rotatable bonds is 2. The molecule has 0 unspecified atom stereocenters. The molecule has 3 N–H and O–H groups in total. The van der Waals surface area contributed by atoms with Gasteiger partial charge >= 0.3 is 0 Å². The number of fused-ring (bicyclic) bond motifs is 3. The average molecular weight is 382 g/mol. The van der Waals surface area contributed by atoms with Crippen LogP contribution >= 0.6 is 0 Å². The number of nitrogens with one attached hydrogen (secondary N) is 2. The van der Waals surface area contributed by atoms with Gasteiger partial charge in [0, 0.05) is 29.7 Å². The Morgan fingerprint density at radius 1 is 1.29 bits per heavy atom. The lowest BCUT2D eigenvalue weighted by atomic mass is 9.80. The fraction of sp³-hybridized carbons (Fsp3) is 0.524. The highest BCUT2D eigenvalue weighted by atomic mass is 16.5. The molecule has 0 radical (unpaired) electrons. The second kappa shape index (κ2) is 6.32. The largest absolute Gasteiger partial charge is 0.357 e. The molecule has 1 aromatic carbocycles. The first-order valence-corrected chi connectivity index (χ1v) is 10.0. The Labute approximate surface area is 163 Å². The van der Waals surface area contributed by atoms with Crippen LogP contribution in [0.1, 0.15) is 30.5 Å². The number of hydroxylamine groups is 1. The Balaban J connectivity index is 1.41. The summed E-state index contributed by atoms with van der Waals surface area (Å²) in [6.07, 6.45) is 3.67. The normalized spacial score (nSPS) is 26.3. The number of carbonyl (C=O) groups excluding carboxylic acids is 2. The fourth-order valence-electron chi connectivity index (χ4n) is 5.36. The van der Waals surface area contributed by atoms with E-state index in [1.807, 2.05) is 29.0 Å². The number of aromatic amines is 1. The van der Waals surface area contributed by atoms with E-state index in [-0.39, 0.29) is 11.3 Å². The molecule has 2 aliphatic heterocycles. The SMILES string of the molecule is CN1CC2(CC2)C[C@H](C(=O)NO)[C@H]1C(=O)N1CCc2c([nH]c3ccccc23)C1. The first-order valence-electron chi connectivity index (χ1n) is 10.0. The molecule has 7 nitrogen and oxygen atoms in total. The van der Waals surface area contributed by atoms with Gasteiger partial charge in [0.05, 0.1) is 12.5 Å². The van der Waals surface area contributed by atoms with Crippen molar-refractivity contribution in [3.63, 3.8) is 0 Å². The number of nitrogens with zero attached hydrogens (tertiary/aromatic N) is 2. The molecule has 5 rings (SSSR count). The van der Waals surface area contributed by atoms with Crippen molar-refractivity contribution in [3.8, 4) is 0 Å². The molecule has 3 aliphatic rings. The average Bonchev–Trinajstić information content (AvgIpc) is 3.33. The predicted octanol–water partition coefficient (Wildman–Crippen LogP) is 1.66. The van der Waals surface area contributed by atoms with Crippen LogP contribution < -0.4 is 5.48 Å². The minimum atomic E-state index is -0.524. The standard InChI is InChI=1S/C21H26N4O3/c1-24-12-21(7-8-21)10-15(19(26)23-28)18(24)20(27)25-9-6-14-13-4-2-3-5-16(13)22-17(14)11-25/h2-5,15,18,22,28H,6-12H2,1H3,(H,23,26)/t15-,18-/m0/s1. The van der Waals surface area contributed by atoms with E-state index >= 15 is 0 Å². The van der Waals surface area contributed by atoms with Gasteiger partial charge in [-0.25, -0.2) is 5.48 Å². The van der Waals surface area contributed by atoms with Crippen molar-refractivity contribution >= 4 is 22.7 Å². The van der Waals surface area contributed by atoms with Gasteiger partial charge in [0.15, 0.2) is 0 Å². The zero-order chi connectivity index (χ0) is 19.5. The summed E-state index contributed by atoms with van der Waals surface area (Å²) in [5.74, 6) is -0.974. The van der Waals surface area contributed by atoms with Gasteiger partial charge in [-0.2, -0.15) is 0 Å². The van der Waals surface area contributed by atoms with Crippen molar-refractivity contribution < 1.29 is 14.8 Å². The molecule has 1 saturated heterocycles. The number of para-hydroxylation sites is 1. The van der Waals surface area contributed by atoms with Crippen LogP contribution in [-0.2, 0) is 22.6 Å². The van der Waals surface area contributed by atoms with Gasteiger partial charge in [-0.15, -0.1) is 0 Å². The van der Waals surface area contributed by atoms with Crippen LogP contribution in [-0.4, -0.2) is 58.0 Å². The maximum absolute atomic E-state index is 13.5. The van der Waals surface area contributed by atoms with Crippen molar-refractivity contribution in [2.75, 3.05) is 20.1 Å². The lowest BCUT2D eigenvalue weighted by Crippen LogP contribution is -2.59. The van der Waals surface area contributed by atoms with E-state index in [2.05, 4.69) is 17.1 Å². The number of carbonyl (C=O) groups is 2. The molecule has 2 amide bonds. The Kier molecular flexibility index (Phi) is 4.00. The molecule has 2 fully saturated rings. The van der Waals surface area contributed by atoms with Crippen molar-refractivity contribution in [2.24, 2.45) is 11.3 Å². The molecule has 1 aliphatic carbocycles. The summed E-state index contributed by atoms with van der Waals surface area (Å²) in [6.45, 7) is 2.02. The van der Waals surface area contributed by atoms with E-state index in [1.165, 1.54) is 10.9 Å². The van der Waals surface area contributed by atoms with Crippen LogP contribution in [0.4, 0.5) is 0 Å². The van der Waals surface area contributed by atoms with E-state index in [0.717, 1.165) is 37.0 Å². The smallest absolute Gasteiger partial charge is 0.248 e. The molecule has 2 aromatic rings. The van der Waals surface area contributed by atoms with Crippen molar-refractivity contribution in [3.05, 3.63) is 35.5 Å². The molecule has 1 aromatic heterocycles. The maximum atomic E-state index is 13.5. The molecule has 0 bridgehead atoms. The lowest BCUT2D eigenvalue weighted by Gasteiger charge is -2.43. The Bertz CT molecular complexity index is 948. The Hall–Kier alpha value is -2.38. The molecule has 28 heavy (non-hydrogen) atoms. The van der Waals surface area contributed by atoms with Gasteiger partial charge in [0.1, 0.15) is 6.04 Å². The second-order valence-electron chi connectivity index (χ2n) is 8.78. The van der Waals surface area contributed by atoms with Crippen LogP contribution in [0.15, 0.2) is 24.3 Å². The number of likely N-dealkylation sites (N-methyl/N-ethyl adjacent to an activating group) is 1. The van der Waals surface area contributed by atoms with Crippen molar-refractivity contribution in [1.82, 2.24) is 20.3 Å². The topological polar surface area (TPSA) is 88.7 Å². The van der Waals surface area contributed by atoms with Crippen LogP contribution in [0.5, 0.6) is 0 Å². The highest BCUT2D eigenvalue weighted by molar-refractivity contribution is 5.91. The van der Waals surface area contributed by atoms with Crippen molar-refractivity contribution in [2.45, 2.75) is 38.3 Å². The number of benzene rings is 1. The van der Waals surface area contributed by atoms with E-state index in [0.29, 0.717) is 19.5 Å². The number of piperidine rings is 1. The zero-order valence-electron chi connectivity index (χ0n) is 16.1. The van der Waals surface area contributed by atoms with Crippen LogP contribution in [0.2, 0.25) is 0 Å². The van der Waals surface area contributed by atoms with Crippen LogP contribution in [0.3, 0.4) is 0 Å². The van der Waals surface area contributed by atoms with E-state index in [4.69, 9.17) is 0 Å². The summed E-state index contributed by atoms with van der Waals surface area (Å²) >= 11 is 0. The van der Waals surface area contributed by atoms with Gasteiger partial charge in [-0.3, -0.25) is 19.7 Å². The second-order valence-corrected chi connectivity index (χ2v) is 8.78. The minimum absolute atomic E-state index is 0.0177. The van der Waals surface area contributed by atoms with E-state index in [1.54, 1.807) is 5.48 Å². The number of hydrogen-bond acceptors (Lipinski definition) is 4. The molecular weight excluding hydrogens is 356 g/mol. The number of hydrogen-bond donors (Lipinski definition) is 3. The molecule has 7 heteroatoms. The highest BCUT2D eigenvalue weighted by Gasteiger charge is 2.55. The molecule has 1 spiro atoms. The maximum Gasteiger partial charge on any atom is 0.248 e. The summed E-state index contributed by atoms with van der Waals surface area (Å²) in [4.78, 5) is 33.2. The summed E-state index contributed by atoms with van der Waals surface area (Å²) in [5, 5.41) is 10.5. The minimum Gasteiger partial charge on any atom is -0.357 e. The summed E-state index contributed by atoms with van der Waals surface area (Å²) in [7, 11) is 1.93. The Morgan fingerprint density at radius 2 is 2.07 bits per heavy atom. The molecule has 148 valence electrons. The van der Waals surface area contributed by atoms with Gasteiger partial charge in [-0.1, -0.05) is 18.2 Å². The summed E-state index contributed by atoms with van der Waals surface area (Å²) < 4.78 is 0. The summed E-state index contributed by atoms with van der Waals surface area (Å²) in [5.41, 5.74) is 5.42. The van der Waals surface area contributed by atoms with Crippen LogP contribution in [0.25, 0.3) is 10.9 Å². The number of H-pyrrole nitrogens is 1. The first-order chi connectivity index (χ1) is 13.5. The third kappa shape index (κ3) is 2.72. The van der Waals surface area contributed by atoms with Gasteiger partial charge < -0.3 is 9.88 Å². The molecular formula is C21H26N4O3. The molecule has 3 heterocycles. The highest BCUT2D eigenvalue weighted by Crippen LogP contribution is 2.54. The summed E-state index contributed by atoms with van der Waals surface area (Å²) in [6, 6.07) is 7.70. The lowest BCUT2D eigenvalue weighted by molar-refractivity contribution is -0.151.